The first-order valence-corrected chi connectivity index (χ1v) is 48.0. The summed E-state index contributed by atoms with van der Waals surface area (Å²) in [4.78, 5) is 0. The Labute approximate surface area is 782 Å². The van der Waals surface area contributed by atoms with E-state index in [2.05, 4.69) is 476 Å². The van der Waals surface area contributed by atoms with Crippen LogP contribution in [-0.4, -0.2) is 0 Å². The summed E-state index contributed by atoms with van der Waals surface area (Å²) in [6.07, 6.45) is 25.5. The van der Waals surface area contributed by atoms with E-state index in [0.29, 0.717) is 5.92 Å². The van der Waals surface area contributed by atoms with E-state index in [1.165, 1.54) is 275 Å². The quantitative estimate of drug-likeness (QED) is 0.0912. The number of hydrogen-bond donors (Lipinski definition) is 0. The van der Waals surface area contributed by atoms with Crippen molar-refractivity contribution in [2.45, 2.75) is 221 Å². The number of aromatic nitrogens is 5. The van der Waals surface area contributed by atoms with Gasteiger partial charge in [-0.1, -0.05) is 224 Å². The third-order valence-electron chi connectivity index (χ3n) is 27.4. The molecule has 0 spiro atoms. The van der Waals surface area contributed by atoms with E-state index in [-0.39, 0.29) is 5.41 Å². The molecule has 2 aliphatic carbocycles. The lowest BCUT2D eigenvalue weighted by molar-refractivity contribution is -0.660. The van der Waals surface area contributed by atoms with Crippen LogP contribution in [0, 0.1) is 115 Å². The second-order valence-corrected chi connectivity index (χ2v) is 39.9. The Morgan fingerprint density at radius 1 is 0.254 bits per heavy atom. The Bertz CT molecular complexity index is 6540. The number of rotatable bonds is 15. The zero-order valence-corrected chi connectivity index (χ0v) is 83.3. The van der Waals surface area contributed by atoms with Gasteiger partial charge in [0.25, 0.3) is 0 Å². The minimum atomic E-state index is 0.284. The Morgan fingerprint density at radius 3 is 0.908 bits per heavy atom. The van der Waals surface area contributed by atoms with E-state index in [1.807, 2.05) is 0 Å². The highest BCUT2D eigenvalue weighted by Crippen LogP contribution is 2.42. The first kappa shape index (κ1) is 95.5. The molecule has 5 aromatic heterocycles. The minimum Gasteiger partial charge on any atom is -0.201 e. The van der Waals surface area contributed by atoms with Crippen LogP contribution in [0.1, 0.15) is 210 Å². The van der Waals surface area contributed by atoms with Gasteiger partial charge in [0.2, 0.25) is 28.5 Å². The van der Waals surface area contributed by atoms with Crippen LogP contribution in [0.2, 0.25) is 0 Å². The van der Waals surface area contributed by atoms with Crippen LogP contribution >= 0.6 is 0 Å². The highest BCUT2D eigenvalue weighted by molar-refractivity contribution is 5.82. The largest absolute Gasteiger partial charge is 0.212 e. The van der Waals surface area contributed by atoms with E-state index >= 15 is 0 Å². The number of aryl methyl sites for hydroxylation is 20. The summed E-state index contributed by atoms with van der Waals surface area (Å²) < 4.78 is 11.2. The highest BCUT2D eigenvalue weighted by Gasteiger charge is 2.27. The predicted octanol–water partition coefficient (Wildman–Crippen LogP) is 30.3. The fraction of sp³-hybridized carbons (Fsp3) is 0.320. The van der Waals surface area contributed by atoms with Crippen molar-refractivity contribution < 1.29 is 22.8 Å². The molecule has 17 rings (SSSR count). The number of pyridine rings is 5. The molecule has 130 heavy (non-hydrogen) atoms. The lowest BCUT2D eigenvalue weighted by atomic mass is 9.83. The molecule has 0 aliphatic heterocycles. The highest BCUT2D eigenvalue weighted by atomic mass is 14.9. The molecule has 2 aliphatic rings. The van der Waals surface area contributed by atoms with Crippen LogP contribution in [0.4, 0.5) is 0 Å². The van der Waals surface area contributed by atoms with Crippen molar-refractivity contribution in [3.8, 4) is 112 Å². The minimum absolute atomic E-state index is 0.284. The van der Waals surface area contributed by atoms with Crippen LogP contribution in [0.5, 0.6) is 0 Å². The summed E-state index contributed by atoms with van der Waals surface area (Å²) >= 11 is 0. The van der Waals surface area contributed by atoms with Crippen LogP contribution < -0.4 is 22.8 Å². The second-order valence-electron chi connectivity index (χ2n) is 39.9. The Balaban J connectivity index is 0.000000139. The molecule has 2 fully saturated rings. The summed E-state index contributed by atoms with van der Waals surface area (Å²) in [6.45, 7) is 44.5. The van der Waals surface area contributed by atoms with Gasteiger partial charge in [0.05, 0.1) is 0 Å². The molecule has 0 bridgehead atoms. The standard InChI is InChI=1S/C27H32N.C26H32N.C25H28N.C25H30N.C22H24N/c1-19-10-8-9-13-24(19)25-18-26(21(3)16-20(25)2)27-17-23(14-15-28(27)4)22-11-6-5-7-12-22;1-18-10-8-9-11-22(18)23-16-24(20(3)14-19(23)2)25-15-21(12-13-27(25)7)17-26(4,5)6;1-18-8-4-7-11-23(18)22-13-12-19(2)24(16-22)25-17-21(14-15-26(25)3)20-9-5-6-10-20;1-17(2)13-21-11-12-26(6)25(15-21)24-16-23(19(4)14-20(24)5)22-10-8-7-9-18(22)3;1-15-10-11-22(23(5)14-15)21-13-20(17(3)12-18(21)4)19-9-7-6-8-16(19)2/h8-10,13-18,22H,5-7,11-12H2,1-4H3;8-16H,17H2,1-7H3;4,7-8,11-17,20H,5-6,9-10H2,1-3H3;7-12,14-17H,13H2,1-6H3;6-14H,1-5H3/q5*+1. The maximum atomic E-state index is 2.45. The number of benzene rings is 10. The van der Waals surface area contributed by atoms with Gasteiger partial charge < -0.3 is 0 Å². The van der Waals surface area contributed by atoms with E-state index in [9.17, 15) is 0 Å². The van der Waals surface area contributed by atoms with Gasteiger partial charge in [-0.2, -0.15) is 0 Å². The lowest BCUT2D eigenvalue weighted by Gasteiger charge is -2.22. The molecule has 10 aromatic carbocycles. The maximum absolute atomic E-state index is 2.45. The van der Waals surface area contributed by atoms with Crippen LogP contribution in [0.25, 0.3) is 112 Å². The molecular formula is C125H146N5+5. The average Bonchev–Trinajstić information content (AvgIpc) is 0.830. The summed E-state index contributed by atoms with van der Waals surface area (Å²) in [5, 5.41) is 0. The first-order chi connectivity index (χ1) is 62.2. The Kier molecular flexibility index (Phi) is 31.4. The van der Waals surface area contributed by atoms with Crippen molar-refractivity contribution in [3.63, 3.8) is 0 Å². The molecule has 2 saturated carbocycles. The van der Waals surface area contributed by atoms with Crippen molar-refractivity contribution in [1.82, 2.24) is 0 Å². The van der Waals surface area contributed by atoms with Crippen molar-refractivity contribution in [1.29, 1.82) is 0 Å². The molecule has 5 nitrogen and oxygen atoms in total. The summed E-state index contributed by atoms with van der Waals surface area (Å²) in [5.74, 6) is 2.14. The molecule has 0 saturated heterocycles. The van der Waals surface area contributed by atoms with Crippen LogP contribution in [0.3, 0.4) is 0 Å². The first-order valence-electron chi connectivity index (χ1n) is 48.0. The summed E-state index contributed by atoms with van der Waals surface area (Å²) in [7, 11) is 10.7. The van der Waals surface area contributed by atoms with E-state index in [4.69, 9.17) is 0 Å². The predicted molar refractivity (Wildman–Crippen MR) is 552 cm³/mol. The van der Waals surface area contributed by atoms with E-state index in [1.54, 1.807) is 0 Å². The van der Waals surface area contributed by atoms with Gasteiger partial charge >= 0.3 is 0 Å². The van der Waals surface area contributed by atoms with Crippen molar-refractivity contribution in [2.75, 3.05) is 0 Å². The second kappa shape index (κ2) is 42.7. The molecule has 0 unspecified atom stereocenters. The summed E-state index contributed by atoms with van der Waals surface area (Å²) in [6, 6.07) is 92.2. The topological polar surface area (TPSA) is 19.4 Å². The lowest BCUT2D eigenvalue weighted by Crippen LogP contribution is -2.31. The number of hydrogen-bond acceptors (Lipinski definition) is 0. The van der Waals surface area contributed by atoms with Crippen molar-refractivity contribution in [3.05, 3.63) is 385 Å². The maximum Gasteiger partial charge on any atom is 0.212 e. The smallest absolute Gasteiger partial charge is 0.201 e. The fourth-order valence-electron chi connectivity index (χ4n) is 20.2. The molecule has 666 valence electrons. The zero-order chi connectivity index (χ0) is 92.9. The molecule has 0 atom stereocenters. The molecule has 0 radical (unpaired) electrons. The Morgan fingerprint density at radius 2 is 0.554 bits per heavy atom. The molecule has 5 heteroatoms. The van der Waals surface area contributed by atoms with Crippen molar-refractivity contribution >= 4 is 0 Å². The van der Waals surface area contributed by atoms with Gasteiger partial charge in [0, 0.05) is 88.0 Å². The van der Waals surface area contributed by atoms with Gasteiger partial charge in [0.15, 0.2) is 31.0 Å². The fourth-order valence-corrected chi connectivity index (χ4v) is 20.2. The van der Waals surface area contributed by atoms with Gasteiger partial charge in [-0.3, -0.25) is 0 Å². The number of nitrogens with zero attached hydrogens (tertiary/aromatic N) is 5. The van der Waals surface area contributed by atoms with Gasteiger partial charge in [-0.05, 0) is 358 Å². The monoisotopic (exact) mass is 1720 g/mol. The normalized spacial score (nSPS) is 12.8. The third-order valence-corrected chi connectivity index (χ3v) is 27.4. The van der Waals surface area contributed by atoms with Crippen molar-refractivity contribution in [2.24, 2.45) is 46.6 Å². The molecular weight excluding hydrogens is 1570 g/mol. The molecule has 5 heterocycles. The molecule has 0 N–H and O–H groups in total. The zero-order valence-electron chi connectivity index (χ0n) is 83.3. The third kappa shape index (κ3) is 23.2. The van der Waals surface area contributed by atoms with Gasteiger partial charge in [0.1, 0.15) is 35.2 Å². The van der Waals surface area contributed by atoms with E-state index < -0.39 is 0 Å². The van der Waals surface area contributed by atoms with Crippen LogP contribution in [-0.2, 0) is 48.1 Å². The van der Waals surface area contributed by atoms with E-state index in [0.717, 1.165) is 24.7 Å². The molecule has 15 aromatic rings. The summed E-state index contributed by atoms with van der Waals surface area (Å²) in [5.41, 5.74) is 52.4. The molecule has 0 amide bonds. The SMILES string of the molecule is Cc1ccc(-c2cc(-c3ccccc3C)c(C)cc2C)[n+](C)c1.Cc1ccccc1-c1cc(-c2cc(C3CCCCC3)cc[n+]2C)c(C)cc1C.Cc1ccccc1-c1cc(-c2cc(CC(C)(C)C)cc[n+]2C)c(C)cc1C.Cc1ccccc1-c1cc(-c2cc(CC(C)C)cc[n+]2C)c(C)cc1C.Cc1ccccc1-c1ccc(C)c(-c2cc(C3CCCC3)cc[n+]2C)c1. The average molecular weight is 1720 g/mol. The van der Waals surface area contributed by atoms with Gasteiger partial charge in [-0.25, -0.2) is 22.8 Å². The Hall–Kier alpha value is -12.1. The van der Waals surface area contributed by atoms with Crippen LogP contribution in [0.15, 0.2) is 280 Å². The van der Waals surface area contributed by atoms with Gasteiger partial charge in [-0.15, -0.1) is 0 Å².